The Morgan fingerprint density at radius 3 is 3.00 bits per heavy atom. The van der Waals surface area contributed by atoms with E-state index in [0.29, 0.717) is 13.2 Å². The molecule has 0 radical (unpaired) electrons. The number of hydrogen-bond acceptors (Lipinski definition) is 2. The van der Waals surface area contributed by atoms with Crippen molar-refractivity contribution in [3.8, 4) is 0 Å². The average Bonchev–Trinajstić information content (AvgIpc) is 1.64. The van der Waals surface area contributed by atoms with Crippen LogP contribution in [0.15, 0.2) is 11.1 Å². The molecular formula is C5H8ClNO. The minimum atomic E-state index is 0.606. The molecule has 0 aromatic heterocycles. The lowest BCUT2D eigenvalue weighted by molar-refractivity contribution is -0.126. The van der Waals surface area contributed by atoms with Crippen LogP contribution in [-0.2, 0) is 4.84 Å². The highest BCUT2D eigenvalue weighted by atomic mass is 35.5. The predicted octanol–water partition coefficient (Wildman–Crippen LogP) is 0.986. The molecule has 1 aliphatic heterocycles. The Labute approximate surface area is 53.6 Å². The maximum Gasteiger partial charge on any atom is 0.0881 e. The number of halogens is 1. The van der Waals surface area contributed by atoms with Gasteiger partial charge >= 0.3 is 0 Å². The molecule has 2 nitrogen and oxygen atoms in total. The van der Waals surface area contributed by atoms with Gasteiger partial charge in [-0.25, -0.2) is 0 Å². The lowest BCUT2D eigenvalue weighted by Gasteiger charge is -2.18. The number of rotatable bonds is 0. The van der Waals surface area contributed by atoms with Gasteiger partial charge < -0.3 is 0 Å². The smallest absolute Gasteiger partial charge is 0.0881 e. The highest BCUT2D eigenvalue weighted by Crippen LogP contribution is 2.07. The fourth-order valence-electron chi connectivity index (χ4n) is 0.578. The van der Waals surface area contributed by atoms with Gasteiger partial charge in [-0.05, 0) is 6.08 Å². The van der Waals surface area contributed by atoms with Gasteiger partial charge in [0.15, 0.2) is 0 Å². The maximum atomic E-state index is 5.65. The third kappa shape index (κ3) is 1.47. The summed E-state index contributed by atoms with van der Waals surface area (Å²) in [4.78, 5) is 5.02. The zero-order valence-electron chi connectivity index (χ0n) is 4.72. The van der Waals surface area contributed by atoms with Crippen molar-refractivity contribution >= 4 is 11.6 Å². The molecule has 0 spiro atoms. The summed E-state index contributed by atoms with van der Waals surface area (Å²) in [6, 6.07) is 0. The van der Waals surface area contributed by atoms with Crippen LogP contribution >= 0.6 is 11.6 Å². The second kappa shape index (κ2) is 2.49. The van der Waals surface area contributed by atoms with Gasteiger partial charge in [0.25, 0.3) is 0 Å². The van der Waals surface area contributed by atoms with Crippen LogP contribution in [0.4, 0.5) is 0 Å². The van der Waals surface area contributed by atoms with E-state index in [1.54, 1.807) is 5.06 Å². The molecule has 0 aliphatic carbocycles. The van der Waals surface area contributed by atoms with E-state index in [9.17, 15) is 0 Å². The highest BCUT2D eigenvalue weighted by Gasteiger charge is 2.04. The molecule has 0 saturated carbocycles. The summed E-state index contributed by atoms with van der Waals surface area (Å²) in [5, 5.41) is 2.57. The van der Waals surface area contributed by atoms with E-state index in [4.69, 9.17) is 16.4 Å². The Morgan fingerprint density at radius 1 is 1.88 bits per heavy atom. The molecule has 1 heterocycles. The fraction of sp³-hybridized carbons (Fsp3) is 0.600. The fourth-order valence-corrected chi connectivity index (χ4v) is 0.809. The van der Waals surface area contributed by atoms with Crippen molar-refractivity contribution in [1.29, 1.82) is 0 Å². The van der Waals surface area contributed by atoms with Crippen molar-refractivity contribution in [3.05, 3.63) is 11.1 Å². The van der Waals surface area contributed by atoms with Crippen molar-refractivity contribution in [2.24, 2.45) is 0 Å². The monoisotopic (exact) mass is 133 g/mol. The summed E-state index contributed by atoms with van der Waals surface area (Å²) in [5.41, 5.74) is 0. The van der Waals surface area contributed by atoms with Gasteiger partial charge in [0.2, 0.25) is 0 Å². The predicted molar refractivity (Wildman–Crippen MR) is 32.5 cm³/mol. The van der Waals surface area contributed by atoms with E-state index in [1.165, 1.54) is 0 Å². The Morgan fingerprint density at radius 2 is 2.62 bits per heavy atom. The topological polar surface area (TPSA) is 12.5 Å². The molecule has 0 amide bonds. The van der Waals surface area contributed by atoms with Crippen LogP contribution in [0.3, 0.4) is 0 Å². The normalized spacial score (nSPS) is 23.0. The zero-order chi connectivity index (χ0) is 5.98. The first-order valence-electron chi connectivity index (χ1n) is 2.47. The SMILES string of the molecule is CN1CC(Cl)=CCO1. The molecule has 1 rings (SSSR count). The highest BCUT2D eigenvalue weighted by molar-refractivity contribution is 6.29. The van der Waals surface area contributed by atoms with Crippen LogP contribution in [-0.4, -0.2) is 25.3 Å². The van der Waals surface area contributed by atoms with E-state index >= 15 is 0 Å². The van der Waals surface area contributed by atoms with Crippen molar-refractivity contribution in [2.75, 3.05) is 20.2 Å². The zero-order valence-corrected chi connectivity index (χ0v) is 5.48. The van der Waals surface area contributed by atoms with Crippen molar-refractivity contribution in [2.45, 2.75) is 0 Å². The first kappa shape index (κ1) is 6.08. The quantitative estimate of drug-likeness (QED) is 0.489. The second-order valence-electron chi connectivity index (χ2n) is 1.73. The number of likely N-dealkylation sites (N-methyl/N-ethyl adjacent to an activating group) is 1. The summed E-state index contributed by atoms with van der Waals surface area (Å²) in [5.74, 6) is 0. The standard InChI is InChI=1S/C5H8ClNO/c1-7-4-5(6)2-3-8-7/h2H,3-4H2,1H3. The van der Waals surface area contributed by atoms with Crippen molar-refractivity contribution < 1.29 is 4.84 Å². The van der Waals surface area contributed by atoms with Gasteiger partial charge in [-0.15, -0.1) is 0 Å². The van der Waals surface area contributed by atoms with Gasteiger partial charge in [-0.3, -0.25) is 4.84 Å². The number of hydrogen-bond donors (Lipinski definition) is 0. The Balaban J connectivity index is 2.45. The molecule has 0 aromatic carbocycles. The van der Waals surface area contributed by atoms with Gasteiger partial charge in [0.1, 0.15) is 0 Å². The molecule has 0 bridgehead atoms. The third-order valence-corrected chi connectivity index (χ3v) is 1.25. The minimum absolute atomic E-state index is 0.606. The van der Waals surface area contributed by atoms with Crippen molar-refractivity contribution in [3.63, 3.8) is 0 Å². The van der Waals surface area contributed by atoms with E-state index < -0.39 is 0 Å². The summed E-state index contributed by atoms with van der Waals surface area (Å²) in [7, 11) is 1.86. The van der Waals surface area contributed by atoms with Crippen LogP contribution in [0, 0.1) is 0 Å². The average molecular weight is 134 g/mol. The molecule has 0 N–H and O–H groups in total. The third-order valence-electron chi connectivity index (χ3n) is 0.973. The van der Waals surface area contributed by atoms with Crippen LogP contribution in [0.5, 0.6) is 0 Å². The largest absolute Gasteiger partial charge is 0.295 e. The van der Waals surface area contributed by atoms with E-state index in [-0.39, 0.29) is 0 Å². The first-order valence-corrected chi connectivity index (χ1v) is 2.85. The van der Waals surface area contributed by atoms with Crippen LogP contribution in [0.25, 0.3) is 0 Å². The Bertz CT molecular complexity index is 113. The van der Waals surface area contributed by atoms with Gasteiger partial charge in [-0.2, -0.15) is 5.06 Å². The molecule has 46 valence electrons. The van der Waals surface area contributed by atoms with E-state index in [1.807, 2.05) is 13.1 Å². The van der Waals surface area contributed by atoms with Gasteiger partial charge in [0.05, 0.1) is 13.2 Å². The number of nitrogens with zero attached hydrogens (tertiary/aromatic N) is 1. The minimum Gasteiger partial charge on any atom is -0.295 e. The summed E-state index contributed by atoms with van der Waals surface area (Å²) >= 11 is 5.65. The number of hydroxylamine groups is 2. The molecule has 8 heavy (non-hydrogen) atoms. The Hall–Kier alpha value is -0.0500. The van der Waals surface area contributed by atoms with Gasteiger partial charge in [-0.1, -0.05) is 11.6 Å². The van der Waals surface area contributed by atoms with E-state index in [2.05, 4.69) is 0 Å². The second-order valence-corrected chi connectivity index (χ2v) is 2.22. The molecule has 0 saturated heterocycles. The molecule has 3 heteroatoms. The lowest BCUT2D eigenvalue weighted by atomic mass is 10.5. The molecule has 0 aromatic rings. The first-order chi connectivity index (χ1) is 3.79. The summed E-state index contributed by atoms with van der Waals surface area (Å²) in [6.07, 6.45) is 1.86. The summed E-state index contributed by atoms with van der Waals surface area (Å²) in [6.45, 7) is 1.32. The van der Waals surface area contributed by atoms with Crippen molar-refractivity contribution in [1.82, 2.24) is 5.06 Å². The van der Waals surface area contributed by atoms with Gasteiger partial charge in [0, 0.05) is 12.1 Å². The van der Waals surface area contributed by atoms with E-state index in [0.717, 1.165) is 5.03 Å². The maximum absolute atomic E-state index is 5.65. The molecule has 1 aliphatic rings. The Kier molecular flexibility index (Phi) is 1.89. The summed E-state index contributed by atoms with van der Waals surface area (Å²) < 4.78 is 0. The molecule has 0 fully saturated rings. The molecule has 0 atom stereocenters. The van der Waals surface area contributed by atoms with Crippen LogP contribution < -0.4 is 0 Å². The lowest BCUT2D eigenvalue weighted by Crippen LogP contribution is -2.24. The molecular weight excluding hydrogens is 126 g/mol. The van der Waals surface area contributed by atoms with Crippen LogP contribution in [0.2, 0.25) is 0 Å². The van der Waals surface area contributed by atoms with Crippen LogP contribution in [0.1, 0.15) is 0 Å². The molecule has 0 unspecified atom stereocenters.